The van der Waals surface area contributed by atoms with E-state index >= 15 is 0 Å². The van der Waals surface area contributed by atoms with Crippen molar-refractivity contribution in [2.24, 2.45) is 0 Å². The molecule has 0 atom stereocenters. The summed E-state index contributed by atoms with van der Waals surface area (Å²) in [6.45, 7) is 0. The topological polar surface area (TPSA) is 16.4 Å². The fourth-order valence-corrected chi connectivity index (χ4v) is 10.4. The summed E-state index contributed by atoms with van der Waals surface area (Å²) in [7, 11) is 0. The number of thiophene rings is 1. The molecule has 12 rings (SSSR count). The SMILES string of the molecule is c1ccc(-c2ccc(-c3c(N(c4cccc(-c5cccc6c5sc5ccccc56)c4)c4cccc5c4oc4ccccc45)c4ccccc4c4ccccc34)cc2)cc1. The maximum atomic E-state index is 6.88. The van der Waals surface area contributed by atoms with E-state index in [4.69, 9.17) is 4.42 Å². The van der Waals surface area contributed by atoms with E-state index in [2.05, 4.69) is 211 Å². The van der Waals surface area contributed by atoms with Gasteiger partial charge in [0.25, 0.3) is 0 Å². The van der Waals surface area contributed by atoms with Gasteiger partial charge < -0.3 is 9.32 Å². The summed E-state index contributed by atoms with van der Waals surface area (Å²) in [5.74, 6) is 0. The maximum absolute atomic E-state index is 6.88. The monoisotopic (exact) mass is 769 g/mol. The largest absolute Gasteiger partial charge is 0.454 e. The van der Waals surface area contributed by atoms with Gasteiger partial charge in [-0.3, -0.25) is 0 Å². The summed E-state index contributed by atoms with van der Waals surface area (Å²) in [6, 6.07) is 77.0. The molecule has 0 radical (unpaired) electrons. The molecule has 10 aromatic carbocycles. The molecule has 0 N–H and O–H groups in total. The van der Waals surface area contributed by atoms with E-state index in [0.717, 1.165) is 44.6 Å². The van der Waals surface area contributed by atoms with Gasteiger partial charge in [-0.1, -0.05) is 182 Å². The zero-order chi connectivity index (χ0) is 38.9. The Morgan fingerprint density at radius 2 is 0.949 bits per heavy atom. The third-order valence-electron chi connectivity index (χ3n) is 11.9. The zero-order valence-corrected chi connectivity index (χ0v) is 32.8. The van der Waals surface area contributed by atoms with Gasteiger partial charge in [0.2, 0.25) is 0 Å². The number of anilines is 3. The van der Waals surface area contributed by atoms with Crippen molar-refractivity contribution in [1.82, 2.24) is 0 Å². The van der Waals surface area contributed by atoms with E-state index in [1.54, 1.807) is 0 Å². The third-order valence-corrected chi connectivity index (χ3v) is 13.1. The smallest absolute Gasteiger partial charge is 0.159 e. The van der Waals surface area contributed by atoms with Gasteiger partial charge in [0, 0.05) is 47.6 Å². The predicted octanol–water partition coefficient (Wildman–Crippen LogP) is 16.7. The van der Waals surface area contributed by atoms with Crippen LogP contribution < -0.4 is 4.90 Å². The predicted molar refractivity (Wildman–Crippen MR) is 253 cm³/mol. The van der Waals surface area contributed by atoms with Crippen LogP contribution in [0.3, 0.4) is 0 Å². The van der Waals surface area contributed by atoms with Gasteiger partial charge in [-0.15, -0.1) is 11.3 Å². The van der Waals surface area contributed by atoms with Gasteiger partial charge in [0.05, 0.1) is 11.4 Å². The molecule has 2 nitrogen and oxygen atoms in total. The number of rotatable bonds is 6. The molecular weight excluding hydrogens is 735 g/mol. The first-order valence-electron chi connectivity index (χ1n) is 20.1. The van der Waals surface area contributed by atoms with Crippen LogP contribution >= 0.6 is 11.3 Å². The molecule has 0 spiro atoms. The Balaban J connectivity index is 1.18. The minimum Gasteiger partial charge on any atom is -0.454 e. The lowest BCUT2D eigenvalue weighted by Gasteiger charge is -2.31. The molecule has 0 bridgehead atoms. The van der Waals surface area contributed by atoms with Crippen LogP contribution in [0.2, 0.25) is 0 Å². The number of hydrogen-bond acceptors (Lipinski definition) is 3. The van der Waals surface area contributed by atoms with E-state index < -0.39 is 0 Å². The van der Waals surface area contributed by atoms with E-state index in [1.807, 2.05) is 17.4 Å². The number of nitrogens with zero attached hydrogens (tertiary/aromatic N) is 1. The van der Waals surface area contributed by atoms with Gasteiger partial charge in [-0.25, -0.2) is 0 Å². The molecule has 0 saturated carbocycles. The number of furan rings is 1. The van der Waals surface area contributed by atoms with Gasteiger partial charge in [0.1, 0.15) is 5.58 Å². The Kier molecular flexibility index (Phi) is 7.75. The Hall–Kier alpha value is -7.46. The standard InChI is InChI=1S/C56H35NOS/c1-2-15-36(16-3-1)37-31-33-38(34-32-37)53-46-23-6-4-19-42(46)43-20-5-7-24-47(43)54(53)57(50-28-14-26-48-44-21-8-10-29-51(44)58-55(48)50)40-18-12-17-39(35-40)41-25-13-27-49-45-22-9-11-30-52(45)59-56(41)49/h1-35H. The molecule has 0 aliphatic rings. The van der Waals surface area contributed by atoms with Crippen molar-refractivity contribution in [2.75, 3.05) is 4.90 Å². The van der Waals surface area contributed by atoms with E-state index in [-0.39, 0.29) is 0 Å². The zero-order valence-electron chi connectivity index (χ0n) is 32.0. The highest BCUT2D eigenvalue weighted by Crippen LogP contribution is 2.52. The molecule has 276 valence electrons. The highest BCUT2D eigenvalue weighted by atomic mass is 32.1. The molecule has 0 fully saturated rings. The minimum absolute atomic E-state index is 0.855. The van der Waals surface area contributed by atoms with Gasteiger partial charge in [-0.05, 0) is 74.3 Å². The summed E-state index contributed by atoms with van der Waals surface area (Å²) < 4.78 is 9.48. The number of fused-ring (bicyclic) bond motifs is 9. The Morgan fingerprint density at radius 3 is 1.78 bits per heavy atom. The van der Waals surface area contributed by atoms with Crippen LogP contribution in [0, 0.1) is 0 Å². The number of benzene rings is 10. The van der Waals surface area contributed by atoms with Crippen molar-refractivity contribution in [1.29, 1.82) is 0 Å². The van der Waals surface area contributed by atoms with Gasteiger partial charge in [0.15, 0.2) is 5.58 Å². The van der Waals surface area contributed by atoms with Crippen LogP contribution in [0.25, 0.3) is 97.0 Å². The number of hydrogen-bond donors (Lipinski definition) is 0. The molecule has 2 aromatic heterocycles. The highest BCUT2D eigenvalue weighted by molar-refractivity contribution is 7.26. The lowest BCUT2D eigenvalue weighted by atomic mass is 9.89. The summed E-state index contributed by atoms with van der Waals surface area (Å²) in [4.78, 5) is 2.47. The van der Waals surface area contributed by atoms with Crippen LogP contribution in [-0.4, -0.2) is 0 Å². The van der Waals surface area contributed by atoms with Crippen LogP contribution in [0.15, 0.2) is 217 Å². The second-order valence-corrected chi connectivity index (χ2v) is 16.2. The molecule has 0 unspecified atom stereocenters. The van der Waals surface area contributed by atoms with Crippen molar-refractivity contribution >= 4 is 92.1 Å². The lowest BCUT2D eigenvalue weighted by Crippen LogP contribution is -2.13. The Morgan fingerprint density at radius 1 is 0.373 bits per heavy atom. The Bertz CT molecular complexity index is 3560. The maximum Gasteiger partial charge on any atom is 0.159 e. The molecule has 0 amide bonds. The molecule has 3 heteroatoms. The normalized spacial score (nSPS) is 11.7. The second-order valence-electron chi connectivity index (χ2n) is 15.2. The molecule has 2 heterocycles. The highest BCUT2D eigenvalue weighted by Gasteiger charge is 2.27. The molecule has 0 aliphatic carbocycles. The van der Waals surface area contributed by atoms with E-state index in [0.29, 0.717) is 0 Å². The van der Waals surface area contributed by atoms with Crippen molar-refractivity contribution < 1.29 is 4.42 Å². The van der Waals surface area contributed by atoms with Crippen molar-refractivity contribution in [3.63, 3.8) is 0 Å². The second kappa shape index (κ2) is 13.6. The van der Waals surface area contributed by atoms with Crippen LogP contribution in [0.4, 0.5) is 17.1 Å². The average Bonchev–Trinajstić information content (AvgIpc) is 3.89. The molecular formula is C56H35NOS. The average molecular weight is 770 g/mol. The molecule has 59 heavy (non-hydrogen) atoms. The summed E-state index contributed by atoms with van der Waals surface area (Å²) >= 11 is 1.87. The third kappa shape index (κ3) is 5.40. The first-order valence-corrected chi connectivity index (χ1v) is 20.9. The van der Waals surface area contributed by atoms with Crippen LogP contribution in [-0.2, 0) is 0 Å². The van der Waals surface area contributed by atoms with Crippen molar-refractivity contribution in [3.8, 4) is 33.4 Å². The number of para-hydroxylation sites is 2. The molecule has 0 saturated heterocycles. The first kappa shape index (κ1) is 33.7. The van der Waals surface area contributed by atoms with Crippen molar-refractivity contribution in [3.05, 3.63) is 212 Å². The Labute approximate surface area is 345 Å². The lowest BCUT2D eigenvalue weighted by molar-refractivity contribution is 0.669. The van der Waals surface area contributed by atoms with Gasteiger partial charge >= 0.3 is 0 Å². The summed E-state index contributed by atoms with van der Waals surface area (Å²) in [6.07, 6.45) is 0. The summed E-state index contributed by atoms with van der Waals surface area (Å²) in [5.41, 5.74) is 12.0. The van der Waals surface area contributed by atoms with E-state index in [1.165, 1.54) is 69.5 Å². The molecule has 0 aliphatic heterocycles. The summed E-state index contributed by atoms with van der Waals surface area (Å²) in [5, 5.41) is 9.58. The first-order chi connectivity index (χ1) is 29.3. The minimum atomic E-state index is 0.855. The fraction of sp³-hybridized carbons (Fsp3) is 0. The van der Waals surface area contributed by atoms with Crippen molar-refractivity contribution in [2.45, 2.75) is 0 Å². The molecule has 12 aromatic rings. The quantitative estimate of drug-likeness (QED) is 0.157. The fourth-order valence-electron chi connectivity index (χ4n) is 9.19. The van der Waals surface area contributed by atoms with E-state index in [9.17, 15) is 0 Å². The van der Waals surface area contributed by atoms with Crippen LogP contribution in [0.5, 0.6) is 0 Å². The van der Waals surface area contributed by atoms with Crippen LogP contribution in [0.1, 0.15) is 0 Å². The van der Waals surface area contributed by atoms with Gasteiger partial charge in [-0.2, -0.15) is 0 Å².